The van der Waals surface area contributed by atoms with E-state index in [2.05, 4.69) is 0 Å². The molecule has 3 saturated heterocycles. The van der Waals surface area contributed by atoms with Crippen LogP contribution in [0.4, 0.5) is 0 Å². The summed E-state index contributed by atoms with van der Waals surface area (Å²) in [4.78, 5) is 0. The molecular weight excluding hydrogens is 395 g/mol. The quantitative estimate of drug-likeness (QED) is 0.580. The Morgan fingerprint density at radius 3 is 1.24 bits per heavy atom. The molecule has 150 valence electrons. The maximum atomic E-state index is 10.9. The third-order valence-corrected chi connectivity index (χ3v) is 6.85. The first kappa shape index (κ1) is 23.4. The molecule has 2 unspecified atom stereocenters. The third-order valence-electron chi connectivity index (χ3n) is 2.94. The molecule has 13 heteroatoms. The minimum Gasteiger partial charge on any atom is -0.309 e. The van der Waals surface area contributed by atoms with Crippen LogP contribution in [0.3, 0.4) is 0 Å². The summed E-state index contributed by atoms with van der Waals surface area (Å²) in [6.07, 6.45) is 1.93. The van der Waals surface area contributed by atoms with Crippen LogP contribution in [-0.2, 0) is 40.8 Å². The van der Waals surface area contributed by atoms with Crippen molar-refractivity contribution in [2.24, 2.45) is 5.73 Å². The first-order valence-electron chi connectivity index (χ1n) is 7.91. The van der Waals surface area contributed by atoms with Crippen molar-refractivity contribution in [1.82, 2.24) is 0 Å². The predicted molar refractivity (Wildman–Crippen MR) is 93.3 cm³/mol. The smallest absolute Gasteiger partial charge is 0.309 e. The van der Waals surface area contributed by atoms with Crippen molar-refractivity contribution in [2.45, 2.75) is 25.5 Å². The lowest BCUT2D eigenvalue weighted by molar-refractivity contribution is 0.0886. The van der Waals surface area contributed by atoms with Gasteiger partial charge in [-0.1, -0.05) is 0 Å². The van der Waals surface area contributed by atoms with Crippen LogP contribution < -0.4 is 5.73 Å². The second-order valence-electron chi connectivity index (χ2n) is 5.62. The minimum absolute atomic E-state index is 0.408. The molecule has 10 nitrogen and oxygen atoms in total. The normalized spacial score (nSPS) is 33.8. The molecule has 0 aromatic heterocycles. The number of hydrogen-bond acceptors (Lipinski definition) is 10. The molecule has 25 heavy (non-hydrogen) atoms. The van der Waals surface area contributed by atoms with Crippen LogP contribution in [0.15, 0.2) is 0 Å². The molecule has 0 aromatic rings. The van der Waals surface area contributed by atoms with Gasteiger partial charge in [0, 0.05) is 26.4 Å². The van der Waals surface area contributed by atoms with Crippen LogP contribution in [0.5, 0.6) is 0 Å². The fourth-order valence-corrected chi connectivity index (χ4v) is 4.86. The van der Waals surface area contributed by atoms with Crippen LogP contribution >= 0.6 is 22.8 Å². The van der Waals surface area contributed by atoms with Crippen molar-refractivity contribution in [2.75, 3.05) is 53.0 Å². The lowest BCUT2D eigenvalue weighted by atomic mass is 10.4. The van der Waals surface area contributed by atoms with Gasteiger partial charge in [0.15, 0.2) is 0 Å². The van der Waals surface area contributed by atoms with E-state index in [0.717, 1.165) is 12.8 Å². The maximum Gasteiger partial charge on any atom is 0.329 e. The molecule has 2 atom stereocenters. The lowest BCUT2D eigenvalue weighted by Gasteiger charge is -2.24. The highest BCUT2D eigenvalue weighted by atomic mass is 31.2. The van der Waals surface area contributed by atoms with Gasteiger partial charge in [-0.25, -0.2) is 0 Å². The summed E-state index contributed by atoms with van der Waals surface area (Å²) >= 11 is 0. The van der Waals surface area contributed by atoms with Crippen molar-refractivity contribution in [1.29, 1.82) is 0 Å². The Morgan fingerprint density at radius 1 is 0.680 bits per heavy atom. The molecule has 3 fully saturated rings. The molecule has 3 rings (SSSR count). The fraction of sp³-hybridized carbons (Fsp3) is 1.00. The number of hydrogen-bond donors (Lipinski definition) is 1. The monoisotopic (exact) mass is 423 g/mol. The lowest BCUT2D eigenvalue weighted by Crippen LogP contribution is -2.28. The fourth-order valence-electron chi connectivity index (χ4n) is 1.78. The van der Waals surface area contributed by atoms with Crippen molar-refractivity contribution in [3.8, 4) is 0 Å². The van der Waals surface area contributed by atoms with Gasteiger partial charge in [-0.3, -0.25) is 18.2 Å². The molecule has 0 bridgehead atoms. The van der Waals surface area contributed by atoms with Gasteiger partial charge in [0.1, 0.15) is 6.23 Å². The maximum absolute atomic E-state index is 10.9. The topological polar surface area (TPSA) is 133 Å². The second-order valence-corrected chi connectivity index (χ2v) is 11.7. The van der Waals surface area contributed by atoms with Gasteiger partial charge in [-0.05, 0) is 12.8 Å². The third kappa shape index (κ3) is 11.7. The Kier molecular flexibility index (Phi) is 10.0. The van der Waals surface area contributed by atoms with E-state index >= 15 is 0 Å². The molecular formula is C12H28NO9P3. The summed E-state index contributed by atoms with van der Waals surface area (Å²) in [6.45, 7) is 7.16. The molecule has 0 spiro atoms. The first-order valence-corrected chi connectivity index (χ1v) is 13.9. The zero-order chi connectivity index (χ0) is 19.0. The molecule has 0 amide bonds. The summed E-state index contributed by atoms with van der Waals surface area (Å²) in [5, 5.41) is 0. The second kappa shape index (κ2) is 10.7. The standard InChI is InChI=1S/C4H10NO3P.2C4H9O3P/c1-9(6)7-3-2-4(5)8-9;2*1-8(5)6-3-2-4-7-8/h4H,2-3,5H2,1H3;2*2-4H2,1H3. The molecule has 0 saturated carbocycles. The molecule has 0 radical (unpaired) electrons. The van der Waals surface area contributed by atoms with E-state index in [1.54, 1.807) is 0 Å². The largest absolute Gasteiger partial charge is 0.329 e. The zero-order valence-electron chi connectivity index (χ0n) is 14.8. The predicted octanol–water partition coefficient (Wildman–Crippen LogP) is 3.02. The summed E-state index contributed by atoms with van der Waals surface area (Å²) in [5.41, 5.74) is 5.34. The van der Waals surface area contributed by atoms with Gasteiger partial charge in [0.2, 0.25) is 0 Å². The van der Waals surface area contributed by atoms with Crippen molar-refractivity contribution in [3.63, 3.8) is 0 Å². The molecule has 2 N–H and O–H groups in total. The van der Waals surface area contributed by atoms with E-state index in [9.17, 15) is 13.7 Å². The van der Waals surface area contributed by atoms with Gasteiger partial charge in [-0.2, -0.15) is 0 Å². The van der Waals surface area contributed by atoms with Crippen molar-refractivity contribution < 1.29 is 40.8 Å². The van der Waals surface area contributed by atoms with Crippen LogP contribution in [0.25, 0.3) is 0 Å². The minimum atomic E-state index is -2.77. The molecule has 0 aliphatic carbocycles. The van der Waals surface area contributed by atoms with Gasteiger partial charge in [0.05, 0.1) is 33.0 Å². The van der Waals surface area contributed by atoms with Crippen LogP contribution in [0, 0.1) is 0 Å². The highest BCUT2D eigenvalue weighted by Gasteiger charge is 2.25. The zero-order valence-corrected chi connectivity index (χ0v) is 17.5. The molecule has 0 aromatic carbocycles. The Morgan fingerprint density at radius 2 is 1.04 bits per heavy atom. The van der Waals surface area contributed by atoms with Gasteiger partial charge < -0.3 is 28.4 Å². The highest BCUT2D eigenvalue weighted by molar-refractivity contribution is 7.53. The number of rotatable bonds is 0. The van der Waals surface area contributed by atoms with E-state index < -0.39 is 29.0 Å². The Labute approximate surface area is 148 Å². The van der Waals surface area contributed by atoms with E-state index in [-0.39, 0.29) is 0 Å². The van der Waals surface area contributed by atoms with E-state index in [0.29, 0.717) is 39.5 Å². The van der Waals surface area contributed by atoms with Crippen molar-refractivity contribution >= 4 is 22.8 Å². The van der Waals surface area contributed by atoms with E-state index in [4.69, 9.17) is 32.9 Å². The average molecular weight is 423 g/mol. The molecule has 3 aliphatic heterocycles. The summed E-state index contributed by atoms with van der Waals surface area (Å²) in [6, 6.07) is 0. The van der Waals surface area contributed by atoms with Crippen LogP contribution in [0.2, 0.25) is 0 Å². The van der Waals surface area contributed by atoms with E-state index in [1.165, 1.54) is 20.0 Å². The van der Waals surface area contributed by atoms with Gasteiger partial charge in [-0.15, -0.1) is 0 Å². The molecule has 3 heterocycles. The SMILES string of the molecule is CP1(=O)OCCC(N)O1.CP1(=O)OCCCO1.CP1(=O)OCCCO1. The Balaban J connectivity index is 0.000000188. The summed E-state index contributed by atoms with van der Waals surface area (Å²) < 4.78 is 61.3. The summed E-state index contributed by atoms with van der Waals surface area (Å²) in [7, 11) is -7.94. The average Bonchev–Trinajstić information content (AvgIpc) is 2.46. The van der Waals surface area contributed by atoms with Crippen LogP contribution in [-0.4, -0.2) is 59.3 Å². The van der Waals surface area contributed by atoms with Gasteiger partial charge >= 0.3 is 22.8 Å². The Hall–Kier alpha value is 0.410. The first-order chi connectivity index (χ1) is 11.5. The number of nitrogens with two attached hydrogens (primary N) is 1. The Bertz CT molecular complexity index is 494. The van der Waals surface area contributed by atoms with Crippen LogP contribution in [0.1, 0.15) is 19.3 Å². The van der Waals surface area contributed by atoms with E-state index in [1.807, 2.05) is 0 Å². The van der Waals surface area contributed by atoms with Gasteiger partial charge in [0.25, 0.3) is 0 Å². The molecule has 3 aliphatic rings. The van der Waals surface area contributed by atoms with Crippen molar-refractivity contribution in [3.05, 3.63) is 0 Å². The highest BCUT2D eigenvalue weighted by Crippen LogP contribution is 2.48. The summed E-state index contributed by atoms with van der Waals surface area (Å²) in [5.74, 6) is 0.